The first-order valence-corrected chi connectivity index (χ1v) is 9.76. The standard InChI is InChI=1S/C18H20FN3O3S.ClH/c1-13-12-20-10-11-22(13)18(23)14-6-8-15(9-7-14)26(24,25)21-17-5-3-2-4-16(17)19;/h2-9,13,20-21H,10-12H2,1H3;1H. The summed E-state index contributed by atoms with van der Waals surface area (Å²) >= 11 is 0. The lowest BCUT2D eigenvalue weighted by Gasteiger charge is -2.34. The molecule has 1 atom stereocenters. The summed E-state index contributed by atoms with van der Waals surface area (Å²) in [5.41, 5.74) is 0.297. The molecule has 146 valence electrons. The lowest BCUT2D eigenvalue weighted by Crippen LogP contribution is -2.52. The number of amides is 1. The molecule has 0 saturated carbocycles. The van der Waals surface area contributed by atoms with Crippen molar-refractivity contribution in [3.8, 4) is 0 Å². The molecule has 0 aliphatic carbocycles. The number of para-hydroxylation sites is 1. The van der Waals surface area contributed by atoms with Crippen LogP contribution >= 0.6 is 12.4 Å². The van der Waals surface area contributed by atoms with E-state index in [4.69, 9.17) is 0 Å². The first-order valence-electron chi connectivity index (χ1n) is 8.27. The van der Waals surface area contributed by atoms with Crippen molar-refractivity contribution in [2.75, 3.05) is 24.4 Å². The van der Waals surface area contributed by atoms with Crippen LogP contribution in [0, 0.1) is 5.82 Å². The van der Waals surface area contributed by atoms with Crippen molar-refractivity contribution in [3.63, 3.8) is 0 Å². The first-order chi connectivity index (χ1) is 12.4. The van der Waals surface area contributed by atoms with Gasteiger partial charge in [-0.05, 0) is 43.3 Å². The van der Waals surface area contributed by atoms with Gasteiger partial charge in [0.2, 0.25) is 0 Å². The number of benzene rings is 2. The van der Waals surface area contributed by atoms with Gasteiger partial charge in [-0.15, -0.1) is 12.4 Å². The fourth-order valence-corrected chi connectivity index (χ4v) is 3.90. The quantitative estimate of drug-likeness (QED) is 0.807. The van der Waals surface area contributed by atoms with Crippen LogP contribution in [0.5, 0.6) is 0 Å². The number of hydrogen-bond donors (Lipinski definition) is 2. The molecule has 1 saturated heterocycles. The molecular weight excluding hydrogens is 393 g/mol. The summed E-state index contributed by atoms with van der Waals surface area (Å²) in [6.45, 7) is 4.02. The Bertz CT molecular complexity index is 906. The van der Waals surface area contributed by atoms with E-state index in [1.54, 1.807) is 4.90 Å². The second-order valence-corrected chi connectivity index (χ2v) is 7.84. The Hall–Kier alpha value is -2.16. The van der Waals surface area contributed by atoms with E-state index in [1.165, 1.54) is 48.5 Å². The highest BCUT2D eigenvalue weighted by molar-refractivity contribution is 7.92. The van der Waals surface area contributed by atoms with Crippen LogP contribution in [0.2, 0.25) is 0 Å². The van der Waals surface area contributed by atoms with Gasteiger partial charge in [-0.1, -0.05) is 12.1 Å². The number of carbonyl (C=O) groups is 1. The highest BCUT2D eigenvalue weighted by atomic mass is 35.5. The number of sulfonamides is 1. The molecule has 0 bridgehead atoms. The fraction of sp³-hybridized carbons (Fsp3) is 0.278. The molecule has 9 heteroatoms. The Morgan fingerprint density at radius 3 is 2.48 bits per heavy atom. The van der Waals surface area contributed by atoms with Crippen molar-refractivity contribution < 1.29 is 17.6 Å². The average molecular weight is 414 g/mol. The van der Waals surface area contributed by atoms with Crippen LogP contribution in [0.25, 0.3) is 0 Å². The Morgan fingerprint density at radius 2 is 1.85 bits per heavy atom. The Balaban J connectivity index is 0.00000261. The molecule has 1 unspecified atom stereocenters. The van der Waals surface area contributed by atoms with Crippen LogP contribution in [-0.4, -0.2) is 44.9 Å². The maximum atomic E-state index is 13.7. The second kappa shape index (κ2) is 8.69. The van der Waals surface area contributed by atoms with E-state index in [0.717, 1.165) is 13.1 Å². The van der Waals surface area contributed by atoms with Crippen molar-refractivity contribution >= 4 is 34.0 Å². The molecule has 6 nitrogen and oxygen atoms in total. The molecule has 1 heterocycles. The van der Waals surface area contributed by atoms with Crippen LogP contribution in [0.3, 0.4) is 0 Å². The van der Waals surface area contributed by atoms with Gasteiger partial charge in [-0.25, -0.2) is 12.8 Å². The number of hydrogen-bond acceptors (Lipinski definition) is 4. The van der Waals surface area contributed by atoms with Gasteiger partial charge in [-0.2, -0.15) is 0 Å². The first kappa shape index (κ1) is 21.1. The van der Waals surface area contributed by atoms with Gasteiger partial charge in [0, 0.05) is 31.2 Å². The van der Waals surface area contributed by atoms with Gasteiger partial charge >= 0.3 is 0 Å². The SMILES string of the molecule is CC1CNCCN1C(=O)c1ccc(S(=O)(=O)Nc2ccccc2F)cc1.Cl. The minimum atomic E-state index is -3.94. The molecule has 0 spiro atoms. The van der Waals surface area contributed by atoms with E-state index in [2.05, 4.69) is 10.0 Å². The molecule has 1 amide bonds. The maximum Gasteiger partial charge on any atom is 0.261 e. The topological polar surface area (TPSA) is 78.5 Å². The van der Waals surface area contributed by atoms with E-state index < -0.39 is 15.8 Å². The molecule has 2 aromatic rings. The minimum absolute atomic E-state index is 0. The van der Waals surface area contributed by atoms with Crippen LogP contribution in [0.1, 0.15) is 17.3 Å². The summed E-state index contributed by atoms with van der Waals surface area (Å²) in [5.74, 6) is -0.791. The molecular formula is C18H21ClFN3O3S. The normalized spacial score (nSPS) is 17.1. The van der Waals surface area contributed by atoms with Crippen molar-refractivity contribution in [1.82, 2.24) is 10.2 Å². The molecule has 0 aromatic heterocycles. The predicted molar refractivity (Wildman–Crippen MR) is 104 cm³/mol. The minimum Gasteiger partial charge on any atom is -0.333 e. The summed E-state index contributed by atoms with van der Waals surface area (Å²) in [5, 5.41) is 3.22. The third-order valence-corrected chi connectivity index (χ3v) is 5.67. The zero-order valence-electron chi connectivity index (χ0n) is 14.7. The molecule has 1 aliphatic heterocycles. The van der Waals surface area contributed by atoms with Crippen LogP contribution in [0.15, 0.2) is 53.4 Å². The molecule has 2 N–H and O–H groups in total. The fourth-order valence-electron chi connectivity index (χ4n) is 2.83. The Kier molecular flexibility index (Phi) is 6.80. The highest BCUT2D eigenvalue weighted by Gasteiger charge is 2.24. The Labute approximate surface area is 164 Å². The van der Waals surface area contributed by atoms with Crippen molar-refractivity contribution in [2.45, 2.75) is 17.9 Å². The maximum absolute atomic E-state index is 13.7. The van der Waals surface area contributed by atoms with Gasteiger partial charge in [0.25, 0.3) is 15.9 Å². The number of halogens is 2. The summed E-state index contributed by atoms with van der Waals surface area (Å²) in [4.78, 5) is 14.3. The average Bonchev–Trinajstić information content (AvgIpc) is 2.63. The summed E-state index contributed by atoms with van der Waals surface area (Å²) < 4.78 is 40.7. The zero-order valence-corrected chi connectivity index (χ0v) is 16.3. The molecule has 2 aromatic carbocycles. The number of rotatable bonds is 4. The van der Waals surface area contributed by atoms with Crippen molar-refractivity contribution in [3.05, 3.63) is 59.9 Å². The van der Waals surface area contributed by atoms with Crippen LogP contribution in [0.4, 0.5) is 10.1 Å². The van der Waals surface area contributed by atoms with Gasteiger partial charge in [0.15, 0.2) is 0 Å². The van der Waals surface area contributed by atoms with Gasteiger partial charge in [0.05, 0.1) is 10.6 Å². The van der Waals surface area contributed by atoms with Crippen molar-refractivity contribution in [2.24, 2.45) is 0 Å². The Morgan fingerprint density at radius 1 is 1.19 bits per heavy atom. The van der Waals surface area contributed by atoms with Gasteiger partial charge in [-0.3, -0.25) is 9.52 Å². The highest BCUT2D eigenvalue weighted by Crippen LogP contribution is 2.20. The zero-order chi connectivity index (χ0) is 18.7. The molecule has 1 aliphatic rings. The summed E-state index contributed by atoms with van der Waals surface area (Å²) in [6, 6.07) is 11.3. The molecule has 1 fully saturated rings. The molecule has 3 rings (SSSR count). The monoisotopic (exact) mass is 413 g/mol. The largest absolute Gasteiger partial charge is 0.333 e. The van der Waals surface area contributed by atoms with E-state index in [1.807, 2.05) is 6.92 Å². The number of anilines is 1. The molecule has 0 radical (unpaired) electrons. The number of piperazine rings is 1. The predicted octanol–water partition coefficient (Wildman–Crippen LogP) is 2.48. The van der Waals surface area contributed by atoms with Crippen LogP contribution in [-0.2, 0) is 10.0 Å². The number of nitrogens with zero attached hydrogens (tertiary/aromatic N) is 1. The molecule has 27 heavy (non-hydrogen) atoms. The smallest absolute Gasteiger partial charge is 0.261 e. The van der Waals surface area contributed by atoms with E-state index in [9.17, 15) is 17.6 Å². The lowest BCUT2D eigenvalue weighted by molar-refractivity contribution is 0.0655. The van der Waals surface area contributed by atoms with Gasteiger partial charge < -0.3 is 10.2 Å². The van der Waals surface area contributed by atoms with E-state index >= 15 is 0 Å². The number of carbonyl (C=O) groups excluding carboxylic acids is 1. The third-order valence-electron chi connectivity index (χ3n) is 4.29. The van der Waals surface area contributed by atoms with Crippen LogP contribution < -0.4 is 10.0 Å². The van der Waals surface area contributed by atoms with E-state index in [-0.39, 0.29) is 34.9 Å². The van der Waals surface area contributed by atoms with Gasteiger partial charge in [0.1, 0.15) is 5.82 Å². The summed E-state index contributed by atoms with van der Waals surface area (Å²) in [7, 11) is -3.94. The number of nitrogens with one attached hydrogen (secondary N) is 2. The summed E-state index contributed by atoms with van der Waals surface area (Å²) in [6.07, 6.45) is 0. The lowest BCUT2D eigenvalue weighted by atomic mass is 10.1. The van der Waals surface area contributed by atoms with Crippen molar-refractivity contribution in [1.29, 1.82) is 0 Å². The third kappa shape index (κ3) is 4.77. The second-order valence-electron chi connectivity index (χ2n) is 6.16. The van der Waals surface area contributed by atoms with E-state index in [0.29, 0.717) is 12.1 Å².